The van der Waals surface area contributed by atoms with Crippen molar-refractivity contribution in [1.29, 1.82) is 0 Å². The van der Waals surface area contributed by atoms with Crippen molar-refractivity contribution in [2.75, 3.05) is 13.1 Å². The van der Waals surface area contributed by atoms with Gasteiger partial charge in [0.2, 0.25) is 0 Å². The molecule has 3 rings (SSSR count). The van der Waals surface area contributed by atoms with E-state index in [1.54, 1.807) is 18.6 Å². The van der Waals surface area contributed by atoms with Gasteiger partial charge in [-0.1, -0.05) is 0 Å². The lowest BCUT2D eigenvalue weighted by molar-refractivity contribution is 0.0934. The molecule has 2 aromatic rings. The second-order valence-electron chi connectivity index (χ2n) is 4.78. The number of piperidine rings is 1. The van der Waals surface area contributed by atoms with Crippen molar-refractivity contribution in [3.8, 4) is 10.6 Å². The smallest absolute Gasteiger partial charge is 0.263 e. The summed E-state index contributed by atoms with van der Waals surface area (Å²) in [5.74, 6) is -0.0310. The number of hydrogen-bond donors (Lipinski definition) is 2. The molecule has 3 heterocycles. The molecule has 1 aliphatic heterocycles. The summed E-state index contributed by atoms with van der Waals surface area (Å²) in [4.78, 5) is 21.1. The fraction of sp³-hybridized carbons (Fsp3) is 0.357. The fourth-order valence-electron chi connectivity index (χ4n) is 2.24. The molecule has 2 aromatic heterocycles. The predicted molar refractivity (Wildman–Crippen MR) is 93.2 cm³/mol. The first-order chi connectivity index (χ1) is 9.83. The average molecular weight is 361 g/mol. The Balaban J connectivity index is 0.00000121. The molecule has 1 atom stereocenters. The van der Waals surface area contributed by atoms with Crippen molar-refractivity contribution in [3.63, 3.8) is 0 Å². The van der Waals surface area contributed by atoms with Gasteiger partial charge in [0.1, 0.15) is 9.88 Å². The van der Waals surface area contributed by atoms with Crippen LogP contribution in [-0.2, 0) is 0 Å². The Labute approximate surface area is 145 Å². The van der Waals surface area contributed by atoms with Crippen LogP contribution in [0.25, 0.3) is 10.6 Å². The van der Waals surface area contributed by atoms with Crippen LogP contribution in [-0.4, -0.2) is 35.0 Å². The number of nitrogens with zero attached hydrogens (tertiary/aromatic N) is 2. The molecule has 0 aliphatic carbocycles. The Morgan fingerprint density at radius 3 is 2.77 bits per heavy atom. The Morgan fingerprint density at radius 2 is 2.09 bits per heavy atom. The van der Waals surface area contributed by atoms with Gasteiger partial charge in [-0.2, -0.15) is 0 Å². The summed E-state index contributed by atoms with van der Waals surface area (Å²) < 4.78 is 0. The van der Waals surface area contributed by atoms with E-state index in [0.717, 1.165) is 36.5 Å². The van der Waals surface area contributed by atoms with Crippen molar-refractivity contribution in [1.82, 2.24) is 20.6 Å². The maximum Gasteiger partial charge on any atom is 0.263 e. The van der Waals surface area contributed by atoms with E-state index < -0.39 is 0 Å². The minimum absolute atomic E-state index is 0. The summed E-state index contributed by atoms with van der Waals surface area (Å²) in [7, 11) is 0. The highest BCUT2D eigenvalue weighted by atomic mass is 35.5. The first-order valence-corrected chi connectivity index (χ1v) is 7.52. The lowest BCUT2D eigenvalue weighted by Crippen LogP contribution is -2.45. The van der Waals surface area contributed by atoms with Crippen LogP contribution in [0.3, 0.4) is 0 Å². The molecule has 2 N–H and O–H groups in total. The van der Waals surface area contributed by atoms with Crippen LogP contribution < -0.4 is 10.6 Å². The highest BCUT2D eigenvalue weighted by Gasteiger charge is 2.18. The van der Waals surface area contributed by atoms with Crippen LogP contribution in [0.2, 0.25) is 0 Å². The van der Waals surface area contributed by atoms with E-state index in [0.29, 0.717) is 4.88 Å². The van der Waals surface area contributed by atoms with Crippen LogP contribution in [0, 0.1) is 0 Å². The van der Waals surface area contributed by atoms with Gasteiger partial charge in [0.05, 0.1) is 6.20 Å². The molecule has 1 fully saturated rings. The van der Waals surface area contributed by atoms with Gasteiger partial charge in [-0.3, -0.25) is 9.78 Å². The first kappa shape index (κ1) is 18.8. The third-order valence-electron chi connectivity index (χ3n) is 3.29. The minimum atomic E-state index is -0.0310. The monoisotopic (exact) mass is 360 g/mol. The van der Waals surface area contributed by atoms with E-state index >= 15 is 0 Å². The van der Waals surface area contributed by atoms with Gasteiger partial charge >= 0.3 is 0 Å². The number of carbonyl (C=O) groups is 1. The zero-order chi connectivity index (χ0) is 13.8. The number of pyridine rings is 1. The summed E-state index contributed by atoms with van der Waals surface area (Å²) in [6.07, 6.45) is 7.24. The quantitative estimate of drug-likeness (QED) is 0.882. The Morgan fingerprint density at radius 1 is 1.32 bits per heavy atom. The molecule has 1 saturated heterocycles. The normalized spacial score (nSPS) is 17.0. The lowest BCUT2D eigenvalue weighted by atomic mass is 10.1. The summed E-state index contributed by atoms with van der Waals surface area (Å²) in [6, 6.07) is 4.01. The van der Waals surface area contributed by atoms with Gasteiger partial charge in [0.15, 0.2) is 0 Å². The molecule has 1 aliphatic rings. The molecule has 120 valence electrons. The third-order valence-corrected chi connectivity index (χ3v) is 4.33. The molecule has 0 bridgehead atoms. The number of amides is 1. The molecular formula is C14H18Cl2N4OS. The van der Waals surface area contributed by atoms with Crippen molar-refractivity contribution in [2.45, 2.75) is 18.9 Å². The average Bonchev–Trinajstić information content (AvgIpc) is 2.99. The summed E-state index contributed by atoms with van der Waals surface area (Å²) >= 11 is 1.41. The van der Waals surface area contributed by atoms with Crippen LogP contribution in [0.1, 0.15) is 22.5 Å². The molecule has 0 radical (unpaired) electrons. The molecule has 5 nitrogen and oxygen atoms in total. The van der Waals surface area contributed by atoms with Gasteiger partial charge < -0.3 is 10.6 Å². The van der Waals surface area contributed by atoms with Gasteiger partial charge in [-0.15, -0.1) is 36.2 Å². The minimum Gasteiger partial charge on any atom is -0.347 e. The van der Waals surface area contributed by atoms with E-state index in [4.69, 9.17) is 0 Å². The van der Waals surface area contributed by atoms with Crippen LogP contribution in [0.4, 0.5) is 0 Å². The van der Waals surface area contributed by atoms with E-state index in [9.17, 15) is 4.79 Å². The topological polar surface area (TPSA) is 66.9 Å². The summed E-state index contributed by atoms with van der Waals surface area (Å²) in [5, 5.41) is 7.19. The van der Waals surface area contributed by atoms with E-state index in [-0.39, 0.29) is 36.8 Å². The molecule has 22 heavy (non-hydrogen) atoms. The number of rotatable bonds is 3. The molecule has 0 spiro atoms. The van der Waals surface area contributed by atoms with E-state index in [1.807, 2.05) is 12.1 Å². The van der Waals surface area contributed by atoms with Gasteiger partial charge in [-0.05, 0) is 31.5 Å². The third kappa shape index (κ3) is 4.64. The maximum absolute atomic E-state index is 12.2. The van der Waals surface area contributed by atoms with Gasteiger partial charge in [-0.25, -0.2) is 4.98 Å². The molecule has 8 heteroatoms. The Bertz CT molecular complexity index is 588. The molecule has 1 amide bonds. The van der Waals surface area contributed by atoms with E-state index in [1.165, 1.54) is 11.3 Å². The Hall–Kier alpha value is -1.21. The van der Waals surface area contributed by atoms with Crippen molar-refractivity contribution in [2.24, 2.45) is 0 Å². The number of hydrogen-bond acceptors (Lipinski definition) is 5. The second kappa shape index (κ2) is 9.05. The first-order valence-electron chi connectivity index (χ1n) is 6.71. The van der Waals surface area contributed by atoms with E-state index in [2.05, 4.69) is 20.6 Å². The second-order valence-corrected chi connectivity index (χ2v) is 5.81. The van der Waals surface area contributed by atoms with Crippen LogP contribution in [0.5, 0.6) is 0 Å². The maximum atomic E-state index is 12.2. The van der Waals surface area contributed by atoms with Crippen LogP contribution >= 0.6 is 36.2 Å². The molecule has 0 aromatic carbocycles. The molecule has 0 saturated carbocycles. The summed E-state index contributed by atoms with van der Waals surface area (Å²) in [5.41, 5.74) is 0.989. The number of halogens is 2. The van der Waals surface area contributed by atoms with Crippen molar-refractivity contribution >= 4 is 42.1 Å². The van der Waals surface area contributed by atoms with Crippen LogP contribution in [0.15, 0.2) is 30.7 Å². The van der Waals surface area contributed by atoms with Gasteiger partial charge in [0.25, 0.3) is 5.91 Å². The zero-order valence-electron chi connectivity index (χ0n) is 11.8. The SMILES string of the molecule is Cl.Cl.O=C(NC1CCCNC1)c1cnc(-c2ccncc2)s1. The zero-order valence-corrected chi connectivity index (χ0v) is 14.3. The van der Waals surface area contributed by atoms with Gasteiger partial charge in [0, 0.05) is 30.5 Å². The predicted octanol–water partition coefficient (Wildman–Crippen LogP) is 2.53. The summed E-state index contributed by atoms with van der Waals surface area (Å²) in [6.45, 7) is 1.89. The number of thiazole rings is 1. The van der Waals surface area contributed by atoms with Crippen molar-refractivity contribution in [3.05, 3.63) is 35.6 Å². The number of nitrogens with one attached hydrogen (secondary N) is 2. The van der Waals surface area contributed by atoms with Crippen molar-refractivity contribution < 1.29 is 4.79 Å². The molecule has 1 unspecified atom stereocenters. The molecular weight excluding hydrogens is 343 g/mol. The highest BCUT2D eigenvalue weighted by Crippen LogP contribution is 2.24. The highest BCUT2D eigenvalue weighted by molar-refractivity contribution is 7.16. The number of aromatic nitrogens is 2. The number of carbonyl (C=O) groups excluding carboxylic acids is 1. The largest absolute Gasteiger partial charge is 0.347 e. The lowest BCUT2D eigenvalue weighted by Gasteiger charge is -2.23. The fourth-order valence-corrected chi connectivity index (χ4v) is 3.06. The standard InChI is InChI=1S/C14H16N4OS.2ClH/c19-13(18-11-2-1-5-16-8-11)12-9-17-14(20-12)10-3-6-15-7-4-10;;/h3-4,6-7,9,11,16H,1-2,5,8H2,(H,18,19);2*1H. The Kier molecular flexibility index (Phi) is 7.75.